The highest BCUT2D eigenvalue weighted by molar-refractivity contribution is 5.77. The van der Waals surface area contributed by atoms with Gasteiger partial charge < -0.3 is 20.3 Å². The fraction of sp³-hybridized carbons (Fsp3) is 0.586. The van der Waals surface area contributed by atoms with E-state index in [0.29, 0.717) is 19.3 Å². The Morgan fingerprint density at radius 1 is 0.469 bits per heavy atom. The van der Waals surface area contributed by atoms with Gasteiger partial charge in [0.1, 0.15) is 6.10 Å². The normalized spacial score (nSPS) is 14.4. The first kappa shape index (κ1) is 60.0. The molecule has 0 bridgehead atoms. The molecule has 0 fully saturated rings. The second kappa shape index (κ2) is 50.0. The van der Waals surface area contributed by atoms with Crippen LogP contribution in [-0.2, 0) is 14.3 Å². The van der Waals surface area contributed by atoms with Crippen molar-refractivity contribution in [3.63, 3.8) is 0 Å². The Morgan fingerprint density at radius 3 is 1.34 bits per heavy atom. The van der Waals surface area contributed by atoms with Crippen LogP contribution in [0.1, 0.15) is 194 Å². The Hall–Kier alpha value is -4.00. The monoisotopic (exact) mass is 884 g/mol. The van der Waals surface area contributed by atoms with Gasteiger partial charge in [-0.25, -0.2) is 0 Å². The standard InChI is InChI=1S/C58H93NO5/c1-4-7-10-13-16-19-22-25-27-29-31-33-36-39-42-45-48-51-58(63)64-54(49-46-43-40-37-34-32-30-28-26-23-20-17-14-11-8-5-2)52-57(62)59-55(53-60)56(61)50-47-44-41-38-35-24-21-18-15-12-9-6-3/h7,10-11,13-14,16-17,19-20,22-23,25-34,36,54-56,60-61H,4-6,8-9,12,15,18,21,24,35,37-53H2,1-3H3,(H,59,62)/b10-7-,14-11+,16-13+,20-17+,22-19+,26-23+,27-25-,30-28+,31-29+,34-32+,36-33+. The summed E-state index contributed by atoms with van der Waals surface area (Å²) in [7, 11) is 0. The first-order valence-electron chi connectivity index (χ1n) is 25.6. The van der Waals surface area contributed by atoms with Gasteiger partial charge in [0.15, 0.2) is 0 Å². The molecule has 0 saturated carbocycles. The molecule has 3 atom stereocenters. The summed E-state index contributed by atoms with van der Waals surface area (Å²) in [5, 5.41) is 23.7. The van der Waals surface area contributed by atoms with Gasteiger partial charge >= 0.3 is 5.97 Å². The van der Waals surface area contributed by atoms with E-state index in [1.54, 1.807) is 0 Å². The number of allylic oxidation sites excluding steroid dienone is 22. The molecule has 6 heteroatoms. The first-order valence-corrected chi connectivity index (χ1v) is 25.6. The molecule has 0 aliphatic carbocycles. The maximum atomic E-state index is 13.2. The highest BCUT2D eigenvalue weighted by Crippen LogP contribution is 2.17. The quantitative estimate of drug-likeness (QED) is 0.0322. The summed E-state index contributed by atoms with van der Waals surface area (Å²) >= 11 is 0. The zero-order valence-corrected chi connectivity index (χ0v) is 40.9. The number of esters is 1. The van der Waals surface area contributed by atoms with E-state index in [1.807, 2.05) is 97.2 Å². The number of unbranched alkanes of at least 4 members (excludes halogenated alkanes) is 18. The number of ether oxygens (including phenoxy) is 1. The van der Waals surface area contributed by atoms with Crippen molar-refractivity contribution < 1.29 is 24.5 Å². The summed E-state index contributed by atoms with van der Waals surface area (Å²) in [6.07, 6.45) is 70.7. The number of carbonyl (C=O) groups excluding carboxylic acids is 2. The van der Waals surface area contributed by atoms with Gasteiger partial charge in [-0.2, -0.15) is 0 Å². The smallest absolute Gasteiger partial charge is 0.306 e. The lowest BCUT2D eigenvalue weighted by Gasteiger charge is -2.24. The van der Waals surface area contributed by atoms with Gasteiger partial charge in [-0.3, -0.25) is 9.59 Å². The number of hydrogen-bond donors (Lipinski definition) is 3. The number of amides is 1. The van der Waals surface area contributed by atoms with Gasteiger partial charge in [0.25, 0.3) is 0 Å². The lowest BCUT2D eigenvalue weighted by molar-refractivity contribution is -0.151. The van der Waals surface area contributed by atoms with Crippen LogP contribution in [-0.4, -0.2) is 46.9 Å². The average molecular weight is 884 g/mol. The van der Waals surface area contributed by atoms with E-state index >= 15 is 0 Å². The second-order valence-corrected chi connectivity index (χ2v) is 16.8. The molecule has 0 spiro atoms. The molecule has 0 radical (unpaired) electrons. The third kappa shape index (κ3) is 44.6. The third-order valence-corrected chi connectivity index (χ3v) is 10.7. The Morgan fingerprint density at radius 2 is 0.875 bits per heavy atom. The second-order valence-electron chi connectivity index (χ2n) is 16.8. The van der Waals surface area contributed by atoms with Crippen molar-refractivity contribution in [3.8, 4) is 0 Å². The van der Waals surface area contributed by atoms with Crippen molar-refractivity contribution >= 4 is 11.9 Å². The molecule has 64 heavy (non-hydrogen) atoms. The number of nitrogens with one attached hydrogen (secondary N) is 1. The van der Waals surface area contributed by atoms with Gasteiger partial charge in [-0.05, 0) is 64.2 Å². The van der Waals surface area contributed by atoms with Crippen molar-refractivity contribution in [2.75, 3.05) is 6.61 Å². The van der Waals surface area contributed by atoms with Gasteiger partial charge in [-0.1, -0.05) is 251 Å². The fourth-order valence-electron chi connectivity index (χ4n) is 6.90. The van der Waals surface area contributed by atoms with Crippen LogP contribution in [0.2, 0.25) is 0 Å². The minimum absolute atomic E-state index is 0.0213. The Labute approximate surface area is 393 Å². The van der Waals surface area contributed by atoms with E-state index in [9.17, 15) is 19.8 Å². The third-order valence-electron chi connectivity index (χ3n) is 10.7. The van der Waals surface area contributed by atoms with Gasteiger partial charge in [-0.15, -0.1) is 0 Å². The van der Waals surface area contributed by atoms with E-state index in [4.69, 9.17) is 4.74 Å². The number of aliphatic hydroxyl groups is 2. The van der Waals surface area contributed by atoms with Gasteiger partial charge in [0.2, 0.25) is 5.91 Å². The fourth-order valence-corrected chi connectivity index (χ4v) is 6.90. The van der Waals surface area contributed by atoms with Crippen molar-refractivity contribution in [1.82, 2.24) is 5.32 Å². The number of rotatable bonds is 43. The van der Waals surface area contributed by atoms with Gasteiger partial charge in [0.05, 0.1) is 25.2 Å². The summed E-state index contributed by atoms with van der Waals surface area (Å²) in [4.78, 5) is 26.2. The summed E-state index contributed by atoms with van der Waals surface area (Å²) in [5.74, 6) is -0.582. The van der Waals surface area contributed by atoms with E-state index in [1.165, 1.54) is 57.8 Å². The highest BCUT2D eigenvalue weighted by atomic mass is 16.5. The molecular formula is C58H93NO5. The van der Waals surface area contributed by atoms with Crippen LogP contribution < -0.4 is 5.32 Å². The van der Waals surface area contributed by atoms with Crippen LogP contribution in [0.4, 0.5) is 0 Å². The molecule has 0 heterocycles. The molecule has 1 amide bonds. The number of aliphatic hydroxyl groups excluding tert-OH is 2. The largest absolute Gasteiger partial charge is 0.462 e. The Bertz CT molecular complexity index is 1410. The Kier molecular flexibility index (Phi) is 46.9. The summed E-state index contributed by atoms with van der Waals surface area (Å²) in [6, 6.07) is -0.735. The minimum Gasteiger partial charge on any atom is -0.462 e. The molecule has 0 aliphatic rings. The van der Waals surface area contributed by atoms with Crippen LogP contribution in [0.15, 0.2) is 134 Å². The SMILES string of the molecule is CC\C=C/C=C/C=C/C=C\C=C\C=C\CCCCCC(=O)OC(CCCCC/C=C/C=C/C=C/C=C/C=C/CCC)CC(=O)NC(CO)C(O)CCCCCCCCCCCCCC. The Balaban J connectivity index is 4.83. The van der Waals surface area contributed by atoms with E-state index in [-0.39, 0.29) is 24.9 Å². The zero-order chi connectivity index (χ0) is 46.7. The molecule has 0 aliphatic heterocycles. The van der Waals surface area contributed by atoms with E-state index in [0.717, 1.165) is 89.9 Å². The molecule has 0 saturated heterocycles. The molecule has 3 unspecified atom stereocenters. The topological polar surface area (TPSA) is 95.9 Å². The maximum absolute atomic E-state index is 13.2. The van der Waals surface area contributed by atoms with E-state index in [2.05, 4.69) is 62.5 Å². The van der Waals surface area contributed by atoms with Crippen LogP contribution in [0.25, 0.3) is 0 Å². The predicted octanol–water partition coefficient (Wildman–Crippen LogP) is 15.4. The lowest BCUT2D eigenvalue weighted by atomic mass is 10.0. The molecule has 3 N–H and O–H groups in total. The molecule has 0 aromatic carbocycles. The molecule has 0 aromatic rings. The van der Waals surface area contributed by atoms with Crippen LogP contribution in [0.3, 0.4) is 0 Å². The molecule has 6 nitrogen and oxygen atoms in total. The van der Waals surface area contributed by atoms with Gasteiger partial charge in [0, 0.05) is 6.42 Å². The highest BCUT2D eigenvalue weighted by Gasteiger charge is 2.24. The summed E-state index contributed by atoms with van der Waals surface area (Å²) < 4.78 is 5.90. The maximum Gasteiger partial charge on any atom is 0.306 e. The van der Waals surface area contributed by atoms with Crippen LogP contribution in [0, 0.1) is 0 Å². The number of hydrogen-bond acceptors (Lipinski definition) is 5. The first-order chi connectivity index (χ1) is 31.5. The van der Waals surface area contributed by atoms with Crippen molar-refractivity contribution in [1.29, 1.82) is 0 Å². The van der Waals surface area contributed by atoms with Crippen LogP contribution in [0.5, 0.6) is 0 Å². The zero-order valence-electron chi connectivity index (χ0n) is 40.9. The predicted molar refractivity (Wildman–Crippen MR) is 277 cm³/mol. The van der Waals surface area contributed by atoms with Crippen molar-refractivity contribution in [2.45, 2.75) is 212 Å². The van der Waals surface area contributed by atoms with Crippen LogP contribution >= 0.6 is 0 Å². The summed E-state index contributed by atoms with van der Waals surface area (Å²) in [5.41, 5.74) is 0. The lowest BCUT2D eigenvalue weighted by Crippen LogP contribution is -2.46. The summed E-state index contributed by atoms with van der Waals surface area (Å²) in [6.45, 7) is 6.21. The molecule has 0 rings (SSSR count). The molecular weight excluding hydrogens is 791 g/mol. The minimum atomic E-state index is -0.817. The molecule has 360 valence electrons. The average Bonchev–Trinajstić information content (AvgIpc) is 3.29. The van der Waals surface area contributed by atoms with E-state index < -0.39 is 18.2 Å². The van der Waals surface area contributed by atoms with Crippen molar-refractivity contribution in [3.05, 3.63) is 134 Å². The molecule has 0 aromatic heterocycles. The van der Waals surface area contributed by atoms with Crippen molar-refractivity contribution in [2.24, 2.45) is 0 Å². The number of carbonyl (C=O) groups is 2.